The monoisotopic (exact) mass is 349 g/mol. The van der Waals surface area contributed by atoms with Gasteiger partial charge >= 0.3 is 5.97 Å². The van der Waals surface area contributed by atoms with Crippen molar-refractivity contribution in [1.29, 1.82) is 0 Å². The van der Waals surface area contributed by atoms with Gasteiger partial charge in [-0.1, -0.05) is 18.2 Å². The Balaban J connectivity index is 1.68. The van der Waals surface area contributed by atoms with Crippen molar-refractivity contribution in [2.75, 3.05) is 18.2 Å². The molecule has 23 heavy (non-hydrogen) atoms. The van der Waals surface area contributed by atoms with Gasteiger partial charge in [-0.25, -0.2) is 0 Å². The van der Waals surface area contributed by atoms with Crippen molar-refractivity contribution in [3.63, 3.8) is 0 Å². The van der Waals surface area contributed by atoms with Crippen LogP contribution in [0.15, 0.2) is 46.7 Å². The lowest BCUT2D eigenvalue weighted by Crippen LogP contribution is -2.21. The number of amides is 1. The SMILES string of the molecule is CSc1ccccc1NC(=O)COC(=O)CCCc1cccs1. The number of hydrogen-bond acceptors (Lipinski definition) is 5. The summed E-state index contributed by atoms with van der Waals surface area (Å²) in [7, 11) is 0. The normalized spacial score (nSPS) is 10.3. The smallest absolute Gasteiger partial charge is 0.306 e. The third kappa shape index (κ3) is 6.08. The van der Waals surface area contributed by atoms with Crippen LogP contribution >= 0.6 is 23.1 Å². The van der Waals surface area contributed by atoms with Gasteiger partial charge in [0.25, 0.3) is 5.91 Å². The number of para-hydroxylation sites is 1. The van der Waals surface area contributed by atoms with Crippen LogP contribution in [0.3, 0.4) is 0 Å². The number of thioether (sulfide) groups is 1. The number of thiophene rings is 1. The molecule has 0 atom stereocenters. The van der Waals surface area contributed by atoms with Gasteiger partial charge in [-0.3, -0.25) is 9.59 Å². The number of benzene rings is 1. The Bertz CT molecular complexity index is 641. The predicted octanol–water partition coefficient (Wildman–Crippen LogP) is 3.97. The Labute approximate surface area is 144 Å². The number of ether oxygens (including phenoxy) is 1. The molecule has 2 rings (SSSR count). The van der Waals surface area contributed by atoms with Crippen molar-refractivity contribution < 1.29 is 14.3 Å². The van der Waals surface area contributed by atoms with Crippen LogP contribution in [-0.2, 0) is 20.7 Å². The number of rotatable bonds is 8. The third-order valence-corrected chi connectivity index (χ3v) is 4.86. The van der Waals surface area contributed by atoms with E-state index in [-0.39, 0.29) is 18.5 Å². The molecule has 6 heteroatoms. The average molecular weight is 349 g/mol. The fourth-order valence-electron chi connectivity index (χ4n) is 2.01. The minimum Gasteiger partial charge on any atom is -0.456 e. The topological polar surface area (TPSA) is 55.4 Å². The summed E-state index contributed by atoms with van der Waals surface area (Å²) in [4.78, 5) is 25.7. The Morgan fingerprint density at radius 3 is 2.78 bits per heavy atom. The number of aryl methyl sites for hydroxylation is 1. The molecule has 0 saturated heterocycles. The van der Waals surface area contributed by atoms with E-state index < -0.39 is 0 Å². The Morgan fingerprint density at radius 1 is 1.22 bits per heavy atom. The highest BCUT2D eigenvalue weighted by molar-refractivity contribution is 7.98. The Morgan fingerprint density at radius 2 is 2.04 bits per heavy atom. The fourth-order valence-corrected chi connectivity index (χ4v) is 3.32. The second-order valence-corrected chi connectivity index (χ2v) is 6.72. The summed E-state index contributed by atoms with van der Waals surface area (Å²) in [5, 5.41) is 4.78. The minimum absolute atomic E-state index is 0.249. The maximum Gasteiger partial charge on any atom is 0.306 e. The number of carbonyl (C=O) groups is 2. The van der Waals surface area contributed by atoms with E-state index in [2.05, 4.69) is 5.32 Å². The van der Waals surface area contributed by atoms with Gasteiger partial charge in [0.1, 0.15) is 0 Å². The molecule has 4 nitrogen and oxygen atoms in total. The van der Waals surface area contributed by atoms with E-state index >= 15 is 0 Å². The summed E-state index contributed by atoms with van der Waals surface area (Å²) in [6, 6.07) is 11.6. The quantitative estimate of drug-likeness (QED) is 0.579. The van der Waals surface area contributed by atoms with Crippen molar-refractivity contribution in [3.8, 4) is 0 Å². The number of hydrogen-bond donors (Lipinski definition) is 1. The summed E-state index contributed by atoms with van der Waals surface area (Å²) in [5.41, 5.74) is 0.735. The Hall–Kier alpha value is -1.79. The van der Waals surface area contributed by atoms with Crippen molar-refractivity contribution in [3.05, 3.63) is 46.7 Å². The summed E-state index contributed by atoms with van der Waals surface area (Å²) in [6.45, 7) is -0.249. The zero-order valence-corrected chi connectivity index (χ0v) is 14.5. The van der Waals surface area contributed by atoms with Crippen molar-refractivity contribution >= 4 is 40.7 Å². The zero-order valence-electron chi connectivity index (χ0n) is 12.9. The lowest BCUT2D eigenvalue weighted by atomic mass is 10.2. The van der Waals surface area contributed by atoms with Crippen molar-refractivity contribution in [2.45, 2.75) is 24.2 Å². The van der Waals surface area contributed by atoms with Crippen LogP contribution in [0.2, 0.25) is 0 Å². The molecule has 1 N–H and O–H groups in total. The van der Waals surface area contributed by atoms with E-state index in [0.29, 0.717) is 6.42 Å². The lowest BCUT2D eigenvalue weighted by molar-refractivity contribution is -0.147. The minimum atomic E-state index is -0.338. The molecule has 0 fully saturated rings. The van der Waals surface area contributed by atoms with Gasteiger partial charge in [-0.05, 0) is 42.7 Å². The molecule has 1 aromatic carbocycles. The molecule has 2 aromatic rings. The van der Waals surface area contributed by atoms with E-state index in [1.165, 1.54) is 4.88 Å². The first-order valence-corrected chi connectivity index (χ1v) is 9.40. The molecule has 0 aliphatic carbocycles. The molecule has 0 aliphatic heterocycles. The first kappa shape index (κ1) is 17.6. The second kappa shape index (κ2) is 9.37. The van der Waals surface area contributed by atoms with Gasteiger partial charge in [0, 0.05) is 16.2 Å². The van der Waals surface area contributed by atoms with Crippen LogP contribution in [0.25, 0.3) is 0 Å². The van der Waals surface area contributed by atoms with Crippen LogP contribution < -0.4 is 5.32 Å². The highest BCUT2D eigenvalue weighted by atomic mass is 32.2. The number of esters is 1. The third-order valence-electron chi connectivity index (χ3n) is 3.13. The maximum atomic E-state index is 11.8. The first-order chi connectivity index (χ1) is 11.2. The van der Waals surface area contributed by atoms with E-state index in [4.69, 9.17) is 4.74 Å². The molecule has 1 aromatic heterocycles. The molecule has 0 aliphatic rings. The Kier molecular flexibility index (Phi) is 7.16. The molecular formula is C17H19NO3S2. The van der Waals surface area contributed by atoms with Gasteiger partial charge in [0.05, 0.1) is 5.69 Å². The number of carbonyl (C=O) groups excluding carboxylic acids is 2. The molecule has 0 spiro atoms. The molecule has 0 bridgehead atoms. The first-order valence-electron chi connectivity index (χ1n) is 7.30. The maximum absolute atomic E-state index is 11.8. The fraction of sp³-hybridized carbons (Fsp3) is 0.294. The zero-order chi connectivity index (χ0) is 16.5. The van der Waals surface area contributed by atoms with E-state index in [9.17, 15) is 9.59 Å². The largest absolute Gasteiger partial charge is 0.456 e. The molecule has 0 radical (unpaired) electrons. The van der Waals surface area contributed by atoms with Crippen LogP contribution in [0.1, 0.15) is 17.7 Å². The number of anilines is 1. The highest BCUT2D eigenvalue weighted by Crippen LogP contribution is 2.24. The molecule has 122 valence electrons. The van der Waals surface area contributed by atoms with Gasteiger partial charge in [0.15, 0.2) is 6.61 Å². The molecule has 1 heterocycles. The molecular weight excluding hydrogens is 330 g/mol. The summed E-state index contributed by atoms with van der Waals surface area (Å²) in [5.74, 6) is -0.659. The average Bonchev–Trinajstić information content (AvgIpc) is 3.07. The number of nitrogens with one attached hydrogen (secondary N) is 1. The van der Waals surface area contributed by atoms with Crippen LogP contribution in [-0.4, -0.2) is 24.7 Å². The summed E-state index contributed by atoms with van der Waals surface area (Å²) >= 11 is 3.23. The van der Waals surface area contributed by atoms with E-state index in [0.717, 1.165) is 23.4 Å². The molecule has 0 saturated carbocycles. The molecule has 0 unspecified atom stereocenters. The van der Waals surface area contributed by atoms with Crippen LogP contribution in [0.4, 0.5) is 5.69 Å². The standard InChI is InChI=1S/C17H19NO3S2/c1-22-15-9-3-2-8-14(15)18-16(19)12-21-17(20)10-4-6-13-7-5-11-23-13/h2-3,5,7-9,11H,4,6,10,12H2,1H3,(H,18,19). The van der Waals surface area contributed by atoms with Crippen LogP contribution in [0.5, 0.6) is 0 Å². The predicted molar refractivity (Wildman–Crippen MR) is 95.1 cm³/mol. The van der Waals surface area contributed by atoms with Gasteiger partial charge < -0.3 is 10.1 Å². The lowest BCUT2D eigenvalue weighted by Gasteiger charge is -2.09. The van der Waals surface area contributed by atoms with Gasteiger partial charge in [-0.2, -0.15) is 0 Å². The van der Waals surface area contributed by atoms with Gasteiger partial charge in [-0.15, -0.1) is 23.1 Å². The van der Waals surface area contributed by atoms with Crippen molar-refractivity contribution in [1.82, 2.24) is 0 Å². The van der Waals surface area contributed by atoms with E-state index in [1.807, 2.05) is 48.0 Å². The highest BCUT2D eigenvalue weighted by Gasteiger charge is 2.09. The second-order valence-electron chi connectivity index (χ2n) is 4.84. The molecule has 1 amide bonds. The summed E-state index contributed by atoms with van der Waals surface area (Å²) in [6.07, 6.45) is 3.86. The summed E-state index contributed by atoms with van der Waals surface area (Å²) < 4.78 is 5.01. The van der Waals surface area contributed by atoms with Crippen LogP contribution in [0, 0.1) is 0 Å². The van der Waals surface area contributed by atoms with E-state index in [1.54, 1.807) is 23.1 Å². The van der Waals surface area contributed by atoms with Crippen molar-refractivity contribution in [2.24, 2.45) is 0 Å². The van der Waals surface area contributed by atoms with Gasteiger partial charge in [0.2, 0.25) is 0 Å².